The minimum absolute atomic E-state index is 0.0438. The molecule has 2 N–H and O–H groups in total. The molecule has 2 aliphatic carbocycles. The molecule has 172 valence electrons. The first kappa shape index (κ1) is 23.6. The van der Waals surface area contributed by atoms with Crippen LogP contribution in [0.3, 0.4) is 0 Å². The number of aliphatic carboxylic acids is 1. The van der Waals surface area contributed by atoms with Gasteiger partial charge >= 0.3 is 18.2 Å². The number of hydrogen-bond donors (Lipinski definition) is 2. The minimum atomic E-state index is -4.68. The molecule has 1 saturated carbocycles. The summed E-state index contributed by atoms with van der Waals surface area (Å²) in [7, 11) is 0. The van der Waals surface area contributed by atoms with Gasteiger partial charge < -0.3 is 10.4 Å². The Labute approximate surface area is 183 Å². The summed E-state index contributed by atoms with van der Waals surface area (Å²) in [5.74, 6) is -3.95. The monoisotopic (exact) mass is 462 g/mol. The quantitative estimate of drug-likeness (QED) is 0.565. The highest BCUT2D eigenvalue weighted by atomic mass is 35.5. The van der Waals surface area contributed by atoms with Gasteiger partial charge in [-0.3, -0.25) is 4.79 Å². The summed E-state index contributed by atoms with van der Waals surface area (Å²) in [5.41, 5.74) is 0. The van der Waals surface area contributed by atoms with E-state index in [1.165, 1.54) is 0 Å². The van der Waals surface area contributed by atoms with E-state index in [9.17, 15) is 32.7 Å². The Kier molecular flexibility index (Phi) is 7.34. The third kappa shape index (κ3) is 5.25. The molecule has 0 aromatic rings. The zero-order valence-corrected chi connectivity index (χ0v) is 17.7. The predicted octanol–water partition coefficient (Wildman–Crippen LogP) is 4.60. The maximum Gasteiger partial charge on any atom is 0.408 e. The number of β-lactam (4-membered cyclic amide) rings is 1. The molecule has 0 radical (unpaired) electrons. The molecule has 0 spiro atoms. The van der Waals surface area contributed by atoms with E-state index in [0.717, 1.165) is 6.42 Å². The number of halogens is 4. The molecule has 0 aromatic heterocycles. The molecule has 6 nitrogen and oxygen atoms in total. The van der Waals surface area contributed by atoms with Crippen molar-refractivity contribution in [1.82, 2.24) is 10.2 Å². The maximum atomic E-state index is 13.6. The Morgan fingerprint density at radius 3 is 2.48 bits per heavy atom. The molecule has 1 heterocycles. The van der Waals surface area contributed by atoms with E-state index in [4.69, 9.17) is 11.6 Å². The van der Waals surface area contributed by atoms with Gasteiger partial charge in [0.05, 0.1) is 5.92 Å². The zero-order valence-electron chi connectivity index (χ0n) is 16.9. The zero-order chi connectivity index (χ0) is 22.8. The van der Waals surface area contributed by atoms with Gasteiger partial charge in [0.15, 0.2) is 6.04 Å². The highest BCUT2D eigenvalue weighted by Gasteiger charge is 2.56. The van der Waals surface area contributed by atoms with Gasteiger partial charge in [-0.2, -0.15) is 13.2 Å². The van der Waals surface area contributed by atoms with E-state index in [2.05, 4.69) is 0 Å². The molecule has 4 unspecified atom stereocenters. The van der Waals surface area contributed by atoms with Crippen LogP contribution < -0.4 is 5.32 Å². The van der Waals surface area contributed by atoms with E-state index in [1.54, 1.807) is 6.08 Å². The topological polar surface area (TPSA) is 86.7 Å². The molecule has 3 rings (SSSR count). The van der Waals surface area contributed by atoms with Gasteiger partial charge in [-0.05, 0) is 50.0 Å². The normalized spacial score (nSPS) is 28.0. The van der Waals surface area contributed by atoms with Crippen LogP contribution in [0.1, 0.15) is 51.4 Å². The van der Waals surface area contributed by atoms with E-state index in [0.29, 0.717) is 48.5 Å². The van der Waals surface area contributed by atoms with Gasteiger partial charge in [-0.1, -0.05) is 43.0 Å². The van der Waals surface area contributed by atoms with E-state index in [1.807, 2.05) is 17.5 Å². The molecule has 10 heteroatoms. The van der Waals surface area contributed by atoms with E-state index in [-0.39, 0.29) is 12.3 Å². The number of carbonyl (C=O) groups is 3. The number of hydrogen-bond acceptors (Lipinski definition) is 3. The third-order valence-electron chi connectivity index (χ3n) is 6.47. The number of nitrogens with zero attached hydrogens (tertiary/aromatic N) is 1. The van der Waals surface area contributed by atoms with Crippen LogP contribution in [0.5, 0.6) is 0 Å². The molecule has 31 heavy (non-hydrogen) atoms. The van der Waals surface area contributed by atoms with Crippen LogP contribution in [0, 0.1) is 17.8 Å². The second-order valence-corrected chi connectivity index (χ2v) is 8.89. The summed E-state index contributed by atoms with van der Waals surface area (Å²) >= 11 is 6.14. The van der Waals surface area contributed by atoms with Gasteiger partial charge in [-0.25, -0.2) is 14.5 Å². The van der Waals surface area contributed by atoms with Crippen molar-refractivity contribution in [2.75, 3.05) is 0 Å². The Morgan fingerprint density at radius 2 is 1.90 bits per heavy atom. The number of carboxylic acids is 1. The largest absolute Gasteiger partial charge is 0.480 e. The lowest BCUT2D eigenvalue weighted by atomic mass is 9.80. The summed E-state index contributed by atoms with van der Waals surface area (Å²) in [6, 6.07) is -4.87. The second kappa shape index (κ2) is 9.63. The molecule has 3 aliphatic rings. The highest BCUT2D eigenvalue weighted by molar-refractivity contribution is 6.30. The van der Waals surface area contributed by atoms with Crippen molar-refractivity contribution in [3.8, 4) is 0 Å². The fourth-order valence-corrected chi connectivity index (χ4v) is 5.03. The fraction of sp³-hybridized carbons (Fsp3) is 0.667. The lowest BCUT2D eigenvalue weighted by Gasteiger charge is -2.44. The number of rotatable bonds is 6. The summed E-state index contributed by atoms with van der Waals surface area (Å²) < 4.78 is 40.8. The number of amides is 3. The van der Waals surface area contributed by atoms with Gasteiger partial charge in [-0.15, -0.1) is 0 Å². The Balaban J connectivity index is 1.65. The Morgan fingerprint density at radius 1 is 1.23 bits per heavy atom. The van der Waals surface area contributed by atoms with Crippen molar-refractivity contribution in [1.29, 1.82) is 0 Å². The predicted molar refractivity (Wildman–Crippen MR) is 107 cm³/mol. The molecular formula is C21H26ClF3N2O4. The average molecular weight is 463 g/mol. The van der Waals surface area contributed by atoms with E-state index < -0.39 is 48.0 Å². The number of imide groups is 1. The number of likely N-dealkylation sites (tertiary alicyclic amines) is 1. The van der Waals surface area contributed by atoms with Crippen LogP contribution in [0.15, 0.2) is 23.3 Å². The fourth-order valence-electron chi connectivity index (χ4n) is 4.76. The van der Waals surface area contributed by atoms with Crippen molar-refractivity contribution in [3.63, 3.8) is 0 Å². The van der Waals surface area contributed by atoms with Gasteiger partial charge in [0, 0.05) is 5.03 Å². The summed E-state index contributed by atoms with van der Waals surface area (Å²) in [6.07, 6.45) is 4.85. The number of allylic oxidation sites excluding steroid dienone is 4. The molecular weight excluding hydrogens is 437 g/mol. The standard InChI is InChI=1S/C21H26ClF3N2O4/c22-15-9-5-4-6-12(15)10-11-14-16(19(29)30)27(18(14)28)20(31)26-17(21(23,24)25)13-7-2-1-3-8-13/h4-5,9,12-14,16-17H,1-3,6-8,10-11H2,(H,26,31)(H,29,30). The first-order valence-electron chi connectivity index (χ1n) is 10.6. The van der Waals surface area contributed by atoms with Gasteiger partial charge in [0.25, 0.3) is 0 Å². The van der Waals surface area contributed by atoms with Crippen LogP contribution >= 0.6 is 11.6 Å². The molecule has 4 atom stereocenters. The van der Waals surface area contributed by atoms with E-state index >= 15 is 0 Å². The molecule has 0 aromatic carbocycles. The number of urea groups is 1. The summed E-state index contributed by atoms with van der Waals surface area (Å²) in [4.78, 5) is 37.2. The average Bonchev–Trinajstić information content (AvgIpc) is 2.71. The number of alkyl halides is 3. The summed E-state index contributed by atoms with van der Waals surface area (Å²) in [5, 5.41) is 12.1. The lowest BCUT2D eigenvalue weighted by Crippen LogP contribution is -2.69. The number of carbonyl (C=O) groups excluding carboxylic acids is 2. The van der Waals surface area contributed by atoms with Crippen LogP contribution in [0.2, 0.25) is 0 Å². The number of nitrogens with one attached hydrogen (secondary N) is 1. The minimum Gasteiger partial charge on any atom is -0.480 e. The Bertz CT molecular complexity index is 777. The van der Waals surface area contributed by atoms with Gasteiger partial charge in [0.2, 0.25) is 5.91 Å². The maximum absolute atomic E-state index is 13.6. The van der Waals surface area contributed by atoms with Crippen LogP contribution in [0.25, 0.3) is 0 Å². The highest BCUT2D eigenvalue weighted by Crippen LogP contribution is 2.38. The third-order valence-corrected chi connectivity index (χ3v) is 6.90. The first-order valence-corrected chi connectivity index (χ1v) is 10.9. The van der Waals surface area contributed by atoms with Crippen molar-refractivity contribution < 1.29 is 32.7 Å². The molecule has 1 saturated heterocycles. The van der Waals surface area contributed by atoms with Crippen LogP contribution in [-0.2, 0) is 9.59 Å². The van der Waals surface area contributed by atoms with Crippen LogP contribution in [-0.4, -0.2) is 46.2 Å². The Hall–Kier alpha value is -2.03. The molecule has 1 aliphatic heterocycles. The number of carboxylic acid groups (broad SMARTS) is 1. The smallest absolute Gasteiger partial charge is 0.408 e. The van der Waals surface area contributed by atoms with Crippen molar-refractivity contribution >= 4 is 29.5 Å². The first-order chi connectivity index (χ1) is 14.6. The summed E-state index contributed by atoms with van der Waals surface area (Å²) in [6.45, 7) is 0. The molecule has 0 bridgehead atoms. The van der Waals surface area contributed by atoms with Crippen molar-refractivity contribution in [2.24, 2.45) is 17.8 Å². The van der Waals surface area contributed by atoms with Crippen molar-refractivity contribution in [3.05, 3.63) is 23.3 Å². The lowest BCUT2D eigenvalue weighted by molar-refractivity contribution is -0.173. The molecule has 3 amide bonds. The van der Waals surface area contributed by atoms with Gasteiger partial charge in [0.1, 0.15) is 6.04 Å². The second-order valence-electron chi connectivity index (χ2n) is 8.45. The van der Waals surface area contributed by atoms with Crippen LogP contribution in [0.4, 0.5) is 18.0 Å². The molecule has 2 fully saturated rings. The van der Waals surface area contributed by atoms with Crippen molar-refractivity contribution in [2.45, 2.75) is 69.6 Å². The SMILES string of the molecule is O=C(O)C1C(CCC2CC=CC=C2Cl)C(=O)N1C(=O)NC(C1CCCCC1)C(F)(F)F.